The maximum atomic E-state index is 9.53. The van der Waals surface area contributed by atoms with Gasteiger partial charge in [0.15, 0.2) is 11.5 Å². The van der Waals surface area contributed by atoms with Gasteiger partial charge >= 0.3 is 0 Å². The Labute approximate surface area is 97.4 Å². The smallest absolute Gasteiger partial charge is 0.161 e. The third-order valence-corrected chi connectivity index (χ3v) is 2.21. The van der Waals surface area contributed by atoms with Crippen molar-refractivity contribution in [2.24, 2.45) is 5.92 Å². The van der Waals surface area contributed by atoms with Crippen LogP contribution in [0.4, 0.5) is 0 Å². The van der Waals surface area contributed by atoms with Gasteiger partial charge in [0, 0.05) is 6.54 Å². The number of hydrogen-bond acceptors (Lipinski definition) is 3. The second kappa shape index (κ2) is 6.38. The summed E-state index contributed by atoms with van der Waals surface area (Å²) in [5, 5.41) is 12.9. The number of rotatable bonds is 6. The van der Waals surface area contributed by atoms with Gasteiger partial charge in [0.2, 0.25) is 0 Å². The summed E-state index contributed by atoms with van der Waals surface area (Å²) < 4.78 is 5.33. The third-order valence-electron chi connectivity index (χ3n) is 2.21. The topological polar surface area (TPSA) is 41.5 Å². The third kappa shape index (κ3) is 4.11. The molecule has 0 atom stereocenters. The van der Waals surface area contributed by atoms with E-state index in [0.29, 0.717) is 18.3 Å². The van der Waals surface area contributed by atoms with E-state index in [-0.39, 0.29) is 5.75 Å². The van der Waals surface area contributed by atoms with Gasteiger partial charge in [-0.1, -0.05) is 19.9 Å². The van der Waals surface area contributed by atoms with Crippen molar-refractivity contribution in [3.05, 3.63) is 23.8 Å². The molecule has 16 heavy (non-hydrogen) atoms. The van der Waals surface area contributed by atoms with Crippen LogP contribution in [0.1, 0.15) is 26.3 Å². The molecular formula is C13H21NO2. The normalized spacial score (nSPS) is 10.8. The minimum absolute atomic E-state index is 0.203. The molecule has 1 aromatic rings. The van der Waals surface area contributed by atoms with Crippen molar-refractivity contribution in [3.63, 3.8) is 0 Å². The monoisotopic (exact) mass is 223 g/mol. The van der Waals surface area contributed by atoms with E-state index in [4.69, 9.17) is 4.74 Å². The first kappa shape index (κ1) is 12.8. The molecule has 0 heterocycles. The largest absolute Gasteiger partial charge is 0.504 e. The summed E-state index contributed by atoms with van der Waals surface area (Å²) in [6.07, 6.45) is 0. The molecule has 2 N–H and O–H groups in total. The van der Waals surface area contributed by atoms with Crippen molar-refractivity contribution < 1.29 is 9.84 Å². The number of ether oxygens (including phenoxy) is 1. The van der Waals surface area contributed by atoms with E-state index in [9.17, 15) is 5.11 Å². The van der Waals surface area contributed by atoms with Crippen LogP contribution < -0.4 is 10.1 Å². The number of aromatic hydroxyl groups is 1. The highest BCUT2D eigenvalue weighted by Gasteiger charge is 2.03. The van der Waals surface area contributed by atoms with Gasteiger partial charge in [0.1, 0.15) is 0 Å². The molecule has 0 unspecified atom stereocenters. The molecule has 1 rings (SSSR count). The number of phenolic OH excluding ortho intramolecular Hbond substituents is 1. The summed E-state index contributed by atoms with van der Waals surface area (Å²) in [6, 6.07) is 5.47. The molecule has 0 aliphatic carbocycles. The SMILES string of the molecule is CCOc1cc(CNCC(C)C)ccc1O. The van der Waals surface area contributed by atoms with Gasteiger partial charge in [0.05, 0.1) is 6.61 Å². The van der Waals surface area contributed by atoms with Gasteiger partial charge in [-0.3, -0.25) is 0 Å². The zero-order valence-electron chi connectivity index (χ0n) is 10.3. The summed E-state index contributed by atoms with van der Waals surface area (Å²) in [5.74, 6) is 1.41. The number of phenols is 1. The summed E-state index contributed by atoms with van der Waals surface area (Å²) in [4.78, 5) is 0. The first-order valence-electron chi connectivity index (χ1n) is 5.79. The van der Waals surface area contributed by atoms with Crippen LogP contribution in [-0.2, 0) is 6.54 Å². The lowest BCUT2D eigenvalue weighted by atomic mass is 10.2. The quantitative estimate of drug-likeness (QED) is 0.778. The Kier molecular flexibility index (Phi) is 5.12. The van der Waals surface area contributed by atoms with Crippen molar-refractivity contribution in [2.45, 2.75) is 27.3 Å². The molecule has 0 amide bonds. The number of nitrogens with one attached hydrogen (secondary N) is 1. The van der Waals surface area contributed by atoms with Gasteiger partial charge in [-0.25, -0.2) is 0 Å². The molecule has 0 bridgehead atoms. The molecule has 0 saturated carbocycles. The maximum Gasteiger partial charge on any atom is 0.161 e. The summed E-state index contributed by atoms with van der Waals surface area (Å²) >= 11 is 0. The maximum absolute atomic E-state index is 9.53. The van der Waals surface area contributed by atoms with Gasteiger partial charge < -0.3 is 15.2 Å². The molecule has 90 valence electrons. The molecule has 1 aromatic carbocycles. The molecule has 0 aromatic heterocycles. The van der Waals surface area contributed by atoms with E-state index in [1.807, 2.05) is 19.1 Å². The van der Waals surface area contributed by atoms with Crippen molar-refractivity contribution in [3.8, 4) is 11.5 Å². The predicted molar refractivity (Wildman–Crippen MR) is 65.8 cm³/mol. The van der Waals surface area contributed by atoms with Crippen molar-refractivity contribution in [1.82, 2.24) is 5.32 Å². The van der Waals surface area contributed by atoms with E-state index in [1.165, 1.54) is 0 Å². The fourth-order valence-corrected chi connectivity index (χ4v) is 1.44. The molecule has 3 nitrogen and oxygen atoms in total. The fourth-order valence-electron chi connectivity index (χ4n) is 1.44. The Hall–Kier alpha value is -1.22. The van der Waals surface area contributed by atoms with Crippen LogP contribution in [0.5, 0.6) is 11.5 Å². The molecule has 0 radical (unpaired) electrons. The van der Waals surface area contributed by atoms with Gasteiger partial charge in [-0.2, -0.15) is 0 Å². The standard InChI is InChI=1S/C13H21NO2/c1-4-16-13-7-11(5-6-12(13)15)9-14-8-10(2)3/h5-7,10,14-15H,4,8-9H2,1-3H3. The van der Waals surface area contributed by atoms with E-state index in [0.717, 1.165) is 18.7 Å². The van der Waals surface area contributed by atoms with E-state index in [2.05, 4.69) is 19.2 Å². The highest BCUT2D eigenvalue weighted by molar-refractivity contribution is 5.41. The molecule has 0 aliphatic heterocycles. The summed E-state index contributed by atoms with van der Waals surface area (Å²) in [7, 11) is 0. The Bertz CT molecular complexity index is 324. The van der Waals surface area contributed by atoms with Crippen LogP contribution in [0.2, 0.25) is 0 Å². The lowest BCUT2D eigenvalue weighted by Gasteiger charge is -2.10. The van der Waals surface area contributed by atoms with Gasteiger partial charge in [-0.05, 0) is 37.1 Å². The van der Waals surface area contributed by atoms with Crippen molar-refractivity contribution in [2.75, 3.05) is 13.2 Å². The van der Waals surface area contributed by atoms with Crippen molar-refractivity contribution >= 4 is 0 Å². The average molecular weight is 223 g/mol. The molecule has 0 aliphatic rings. The minimum atomic E-state index is 0.203. The van der Waals surface area contributed by atoms with E-state index in [1.54, 1.807) is 6.07 Å². The Balaban J connectivity index is 2.56. The zero-order chi connectivity index (χ0) is 12.0. The molecular weight excluding hydrogens is 202 g/mol. The van der Waals surface area contributed by atoms with Crippen LogP contribution in [0.15, 0.2) is 18.2 Å². The fraction of sp³-hybridized carbons (Fsp3) is 0.538. The highest BCUT2D eigenvalue weighted by atomic mass is 16.5. The first-order valence-corrected chi connectivity index (χ1v) is 5.79. The zero-order valence-corrected chi connectivity index (χ0v) is 10.3. The number of hydrogen-bond donors (Lipinski definition) is 2. The first-order chi connectivity index (χ1) is 7.63. The lowest BCUT2D eigenvalue weighted by Crippen LogP contribution is -2.18. The van der Waals surface area contributed by atoms with E-state index >= 15 is 0 Å². The number of benzene rings is 1. The summed E-state index contributed by atoms with van der Waals surface area (Å²) in [6.45, 7) is 8.62. The molecule has 0 spiro atoms. The minimum Gasteiger partial charge on any atom is -0.504 e. The second-order valence-corrected chi connectivity index (χ2v) is 4.26. The molecule has 0 fully saturated rings. The van der Waals surface area contributed by atoms with Crippen LogP contribution >= 0.6 is 0 Å². The Morgan fingerprint density at radius 1 is 1.38 bits per heavy atom. The van der Waals surface area contributed by atoms with Gasteiger partial charge in [0.25, 0.3) is 0 Å². The summed E-state index contributed by atoms with van der Waals surface area (Å²) in [5.41, 5.74) is 1.13. The van der Waals surface area contributed by atoms with Crippen LogP contribution in [0, 0.1) is 5.92 Å². The molecule has 0 saturated heterocycles. The van der Waals surface area contributed by atoms with Crippen molar-refractivity contribution in [1.29, 1.82) is 0 Å². The lowest BCUT2D eigenvalue weighted by molar-refractivity contribution is 0.317. The van der Waals surface area contributed by atoms with Crippen LogP contribution in [0.3, 0.4) is 0 Å². The van der Waals surface area contributed by atoms with Gasteiger partial charge in [-0.15, -0.1) is 0 Å². The average Bonchev–Trinajstić information content (AvgIpc) is 2.22. The molecule has 3 heteroatoms. The van der Waals surface area contributed by atoms with Crippen LogP contribution in [0.25, 0.3) is 0 Å². The Morgan fingerprint density at radius 3 is 2.75 bits per heavy atom. The Morgan fingerprint density at radius 2 is 2.12 bits per heavy atom. The van der Waals surface area contributed by atoms with E-state index < -0.39 is 0 Å². The highest BCUT2D eigenvalue weighted by Crippen LogP contribution is 2.26. The van der Waals surface area contributed by atoms with Crippen LogP contribution in [-0.4, -0.2) is 18.3 Å². The second-order valence-electron chi connectivity index (χ2n) is 4.26. The predicted octanol–water partition coefficient (Wildman–Crippen LogP) is 2.54.